The molecule has 0 aliphatic carbocycles. The molecule has 3 N–H and O–H groups in total. The van der Waals surface area contributed by atoms with Gasteiger partial charge in [-0.3, -0.25) is 14.4 Å². The van der Waals surface area contributed by atoms with Crippen molar-refractivity contribution < 1.29 is 19.1 Å². The third kappa shape index (κ3) is 5.40. The van der Waals surface area contributed by atoms with Crippen LogP contribution in [0.5, 0.6) is 5.88 Å². The van der Waals surface area contributed by atoms with E-state index in [1.807, 2.05) is 0 Å². The molecule has 2 aromatic heterocycles. The van der Waals surface area contributed by atoms with Crippen molar-refractivity contribution in [2.75, 3.05) is 32.6 Å². The summed E-state index contributed by atoms with van der Waals surface area (Å²) in [5.74, 6) is -1.48. The average Bonchev–Trinajstić information content (AvgIpc) is 3.47. The van der Waals surface area contributed by atoms with E-state index in [4.69, 9.17) is 15.5 Å². The number of methoxy groups -OCH3 is 1. The van der Waals surface area contributed by atoms with Crippen molar-refractivity contribution in [2.24, 2.45) is 11.7 Å². The van der Waals surface area contributed by atoms with Crippen molar-refractivity contribution in [2.45, 2.75) is 57.5 Å². The Kier molecular flexibility index (Phi) is 7.54. The molecule has 2 aliphatic rings. The Bertz CT molecular complexity index is 1470. The highest BCUT2D eigenvalue weighted by atomic mass is 32.1. The van der Waals surface area contributed by atoms with Gasteiger partial charge in [-0.15, -0.1) is 11.3 Å². The van der Waals surface area contributed by atoms with Crippen molar-refractivity contribution in [1.82, 2.24) is 19.8 Å². The number of likely N-dealkylation sites (N-methyl/N-ethyl adjacent to an activating group) is 1. The largest absolute Gasteiger partial charge is 0.480 e. The highest BCUT2D eigenvalue weighted by Gasteiger charge is 2.38. The van der Waals surface area contributed by atoms with Crippen LogP contribution in [0.25, 0.3) is 10.2 Å². The van der Waals surface area contributed by atoms with Crippen molar-refractivity contribution >= 4 is 45.0 Å². The van der Waals surface area contributed by atoms with Gasteiger partial charge in [0.15, 0.2) is 0 Å². The number of likely N-dealkylation sites (tertiary alicyclic amines) is 2. The first-order valence-electron chi connectivity index (χ1n) is 13.5. The summed E-state index contributed by atoms with van der Waals surface area (Å²) >= 11 is 1.74. The number of amides is 3. The number of nitrogens with two attached hydrogens (primary N) is 1. The molecule has 1 aromatic carbocycles. The number of thiazole rings is 1. The highest BCUT2D eigenvalue weighted by molar-refractivity contribution is 7.18. The normalized spacial score (nSPS) is 22.8. The molecule has 1 unspecified atom stereocenters. The number of pyridine rings is 1. The zero-order valence-electron chi connectivity index (χ0n) is 23.6. The molecule has 40 heavy (non-hydrogen) atoms. The molecule has 2 aliphatic heterocycles. The van der Waals surface area contributed by atoms with E-state index in [0.29, 0.717) is 12.5 Å². The number of aromatic nitrogens is 2. The molecule has 3 aromatic rings. The molecule has 0 saturated carbocycles. The Balaban J connectivity index is 1.37. The first-order valence-corrected chi connectivity index (χ1v) is 14.4. The number of ether oxygens (including phenoxy) is 1. The van der Waals surface area contributed by atoms with Crippen LogP contribution < -0.4 is 15.8 Å². The van der Waals surface area contributed by atoms with Gasteiger partial charge in [0.1, 0.15) is 5.56 Å². The second kappa shape index (κ2) is 10.8. The smallest absolute Gasteiger partial charge is 0.313 e. The topological polar surface area (TPSA) is 131 Å². The first-order chi connectivity index (χ1) is 19.0. The number of benzene rings is 1. The van der Waals surface area contributed by atoms with E-state index in [-0.39, 0.29) is 34.6 Å². The van der Waals surface area contributed by atoms with Gasteiger partial charge in [0.25, 0.3) is 5.91 Å². The predicted octanol–water partition coefficient (Wildman–Crippen LogP) is 3.93. The van der Waals surface area contributed by atoms with Gasteiger partial charge in [0.05, 0.1) is 40.3 Å². The fraction of sp³-hybridized carbons (Fsp3) is 0.483. The van der Waals surface area contributed by atoms with Crippen LogP contribution >= 0.6 is 11.3 Å². The zero-order valence-corrected chi connectivity index (χ0v) is 24.4. The van der Waals surface area contributed by atoms with E-state index in [0.717, 1.165) is 46.6 Å². The van der Waals surface area contributed by atoms with Crippen LogP contribution in [0.1, 0.15) is 72.9 Å². The molecule has 11 heteroatoms. The number of carbonyl (C=O) groups is 3. The number of hydrogen-bond acceptors (Lipinski definition) is 8. The van der Waals surface area contributed by atoms with Gasteiger partial charge >= 0.3 is 11.8 Å². The molecule has 5 rings (SSSR count). The van der Waals surface area contributed by atoms with Crippen LogP contribution in [0.2, 0.25) is 0 Å². The zero-order chi connectivity index (χ0) is 28.8. The Morgan fingerprint density at radius 2 is 1.95 bits per heavy atom. The molecule has 4 heterocycles. The van der Waals surface area contributed by atoms with E-state index in [1.165, 1.54) is 19.4 Å². The van der Waals surface area contributed by atoms with E-state index >= 15 is 0 Å². The number of fused-ring (bicyclic) bond motifs is 1. The number of primary amides is 1. The summed E-state index contributed by atoms with van der Waals surface area (Å²) in [6.07, 6.45) is 4.09. The van der Waals surface area contributed by atoms with Crippen LogP contribution in [-0.2, 0) is 9.59 Å². The summed E-state index contributed by atoms with van der Waals surface area (Å²) in [5, 5.41) is 3.73. The van der Waals surface area contributed by atoms with Gasteiger partial charge in [0.2, 0.25) is 5.88 Å². The standard InChI is InChI=1S/C29H36N6O4S/c1-16-6-8-22(17-7-9-23-21(10-17)33-27(40-23)18-12-29(2,3)34(4)15-18)35(14-16)28(38)25(37)32-19-11-20(24(30)36)26(39-5)31-13-19/h7,9-11,13,16,18,22H,6,8,12,14-15H2,1-5H3,(H2,30,36)(H,32,37)/t16-,18?,22+/m0/s1. The maximum absolute atomic E-state index is 13.5. The van der Waals surface area contributed by atoms with E-state index in [2.05, 4.69) is 61.2 Å². The Labute approximate surface area is 237 Å². The second-order valence-electron chi connectivity index (χ2n) is 11.6. The summed E-state index contributed by atoms with van der Waals surface area (Å²) in [4.78, 5) is 51.4. The Hall–Kier alpha value is -3.57. The third-order valence-corrected chi connectivity index (χ3v) is 9.48. The molecule has 2 saturated heterocycles. The van der Waals surface area contributed by atoms with Gasteiger partial charge in [0, 0.05) is 24.5 Å². The highest BCUT2D eigenvalue weighted by Crippen LogP contribution is 2.41. The number of nitrogens with one attached hydrogen (secondary N) is 1. The van der Waals surface area contributed by atoms with Gasteiger partial charge in [-0.2, -0.15) is 0 Å². The fourth-order valence-electron chi connectivity index (χ4n) is 5.81. The van der Waals surface area contributed by atoms with Crippen molar-refractivity contribution in [3.8, 4) is 5.88 Å². The predicted molar refractivity (Wildman–Crippen MR) is 154 cm³/mol. The number of piperidine rings is 1. The number of anilines is 1. The van der Waals surface area contributed by atoms with Crippen LogP contribution in [0.4, 0.5) is 5.69 Å². The summed E-state index contributed by atoms with van der Waals surface area (Å²) < 4.78 is 6.18. The monoisotopic (exact) mass is 564 g/mol. The molecular formula is C29H36N6O4S. The minimum Gasteiger partial charge on any atom is -0.480 e. The van der Waals surface area contributed by atoms with Crippen LogP contribution in [0.3, 0.4) is 0 Å². The summed E-state index contributed by atoms with van der Waals surface area (Å²) in [7, 11) is 3.53. The maximum atomic E-state index is 13.5. The quantitative estimate of drug-likeness (QED) is 0.449. The molecule has 10 nitrogen and oxygen atoms in total. The van der Waals surface area contributed by atoms with Crippen molar-refractivity contribution in [3.05, 3.63) is 46.6 Å². The second-order valence-corrected chi connectivity index (χ2v) is 12.7. The summed E-state index contributed by atoms with van der Waals surface area (Å²) in [6, 6.07) is 7.33. The van der Waals surface area contributed by atoms with E-state index in [9.17, 15) is 14.4 Å². The molecule has 3 amide bonds. The lowest BCUT2D eigenvalue weighted by molar-refractivity contribution is -0.146. The number of hydrogen-bond donors (Lipinski definition) is 2. The van der Waals surface area contributed by atoms with Crippen LogP contribution in [0.15, 0.2) is 30.5 Å². The van der Waals surface area contributed by atoms with Gasteiger partial charge in [-0.1, -0.05) is 13.0 Å². The maximum Gasteiger partial charge on any atom is 0.313 e. The lowest BCUT2D eigenvalue weighted by Crippen LogP contribution is -2.46. The lowest BCUT2D eigenvalue weighted by atomic mass is 9.89. The van der Waals surface area contributed by atoms with Crippen molar-refractivity contribution in [1.29, 1.82) is 0 Å². The number of carbonyl (C=O) groups excluding carboxylic acids is 3. The molecule has 0 bridgehead atoms. The molecule has 2 fully saturated rings. The Morgan fingerprint density at radius 3 is 2.62 bits per heavy atom. The molecule has 3 atom stereocenters. The fourth-order valence-corrected chi connectivity index (χ4v) is 6.85. The first kappa shape index (κ1) is 28.0. The third-order valence-electron chi connectivity index (χ3n) is 8.28. The molecule has 0 radical (unpaired) electrons. The number of nitrogens with zero attached hydrogens (tertiary/aromatic N) is 4. The van der Waals surface area contributed by atoms with E-state index in [1.54, 1.807) is 16.2 Å². The van der Waals surface area contributed by atoms with Gasteiger partial charge in [-0.05, 0) is 69.8 Å². The average molecular weight is 565 g/mol. The van der Waals surface area contributed by atoms with Gasteiger partial charge < -0.3 is 25.6 Å². The molecule has 212 valence electrons. The summed E-state index contributed by atoms with van der Waals surface area (Å²) in [6.45, 7) is 8.07. The van der Waals surface area contributed by atoms with E-state index < -0.39 is 17.7 Å². The SMILES string of the molecule is COc1ncc(NC(=O)C(=O)N2C[C@@H](C)CC[C@@H]2c2ccc3sc(C4CN(C)C(C)(C)C4)nc3c2)cc1C(N)=O. The van der Waals surface area contributed by atoms with Gasteiger partial charge in [-0.25, -0.2) is 9.97 Å². The van der Waals surface area contributed by atoms with Crippen molar-refractivity contribution in [3.63, 3.8) is 0 Å². The lowest BCUT2D eigenvalue weighted by Gasteiger charge is -2.38. The molecule has 0 spiro atoms. The number of rotatable bonds is 5. The Morgan fingerprint density at radius 1 is 1.18 bits per heavy atom. The van der Waals surface area contributed by atoms with Crippen LogP contribution in [0, 0.1) is 5.92 Å². The minimum absolute atomic E-state index is 0.0148. The minimum atomic E-state index is -0.800. The molecular weight excluding hydrogens is 528 g/mol. The van der Waals surface area contributed by atoms with Crippen LogP contribution in [-0.4, -0.2) is 70.3 Å². The summed E-state index contributed by atoms with van der Waals surface area (Å²) in [5.41, 5.74) is 7.67.